The Morgan fingerprint density at radius 2 is 1.59 bits per heavy atom. The normalized spacial score (nSPS) is 18.2. The molecule has 2 aromatic carbocycles. The van der Waals surface area contributed by atoms with Crippen molar-refractivity contribution >= 4 is 11.1 Å². The van der Waals surface area contributed by atoms with Crippen LogP contribution >= 0.6 is 0 Å². The lowest BCUT2D eigenvalue weighted by molar-refractivity contribution is 0.125. The van der Waals surface area contributed by atoms with Gasteiger partial charge in [-0.2, -0.15) is 0 Å². The third-order valence-electron chi connectivity index (χ3n) is 8.31. The van der Waals surface area contributed by atoms with Gasteiger partial charge in [0.05, 0.1) is 0 Å². The van der Waals surface area contributed by atoms with Crippen molar-refractivity contribution in [2.24, 2.45) is 5.41 Å². The molecule has 0 unspecified atom stereocenters. The molecule has 4 nitrogen and oxygen atoms in total. The molecule has 1 saturated carbocycles. The fourth-order valence-corrected chi connectivity index (χ4v) is 6.31. The summed E-state index contributed by atoms with van der Waals surface area (Å²) in [5, 5.41) is 19.5. The van der Waals surface area contributed by atoms with E-state index in [1.807, 2.05) is 42.5 Å². The number of rotatable bonds is 12. The first kappa shape index (κ1) is 28.9. The molecule has 0 bridgehead atoms. The maximum atomic E-state index is 9.89. The quantitative estimate of drug-likeness (QED) is 0.168. The molecule has 0 amide bonds. The van der Waals surface area contributed by atoms with Crippen LogP contribution in [0.5, 0.6) is 5.75 Å². The third-order valence-corrected chi connectivity index (χ3v) is 8.31. The Hall–Kier alpha value is -3.08. The van der Waals surface area contributed by atoms with Crippen LogP contribution in [0, 0.1) is 5.41 Å². The van der Waals surface area contributed by atoms with Gasteiger partial charge in [0, 0.05) is 19.7 Å². The molecule has 4 rings (SSSR count). The Labute approximate surface area is 235 Å². The van der Waals surface area contributed by atoms with Crippen molar-refractivity contribution in [3.05, 3.63) is 102 Å². The number of ether oxygens (including phenoxy) is 1. The van der Waals surface area contributed by atoms with E-state index in [2.05, 4.69) is 30.2 Å². The molecule has 4 heteroatoms. The first-order valence-electron chi connectivity index (χ1n) is 14.6. The second-order valence-corrected chi connectivity index (χ2v) is 11.2. The van der Waals surface area contributed by atoms with Crippen molar-refractivity contribution < 1.29 is 14.9 Å². The van der Waals surface area contributed by atoms with Crippen LogP contribution in [0.25, 0.3) is 11.1 Å². The minimum absolute atomic E-state index is 0.115. The van der Waals surface area contributed by atoms with Gasteiger partial charge in [0.15, 0.2) is 0 Å². The standard InChI is InChI=1S/C35H45NO3/c1-28(14-15-29(2)39-26-24-36-23-9-8-22-35(27-36)20-6-7-21-35)34(31-16-18-32(38)19-17-31)33(13-10-25-37)30-11-4-3-5-12-30/h3-5,11-12,14-19,37-38H,1-2,6-10,13,20-27H2/b15-14-,34-33+. The molecule has 1 aliphatic carbocycles. The molecule has 1 spiro atoms. The van der Waals surface area contributed by atoms with E-state index < -0.39 is 0 Å². The summed E-state index contributed by atoms with van der Waals surface area (Å²) < 4.78 is 6.05. The highest BCUT2D eigenvalue weighted by Crippen LogP contribution is 2.44. The zero-order valence-corrected chi connectivity index (χ0v) is 23.4. The Morgan fingerprint density at radius 3 is 2.28 bits per heavy atom. The summed E-state index contributed by atoms with van der Waals surface area (Å²) in [5.41, 5.74) is 5.54. The summed E-state index contributed by atoms with van der Waals surface area (Å²) in [6.45, 7) is 12.6. The second kappa shape index (κ2) is 14.3. The van der Waals surface area contributed by atoms with Crippen molar-refractivity contribution in [2.45, 2.75) is 57.8 Å². The van der Waals surface area contributed by atoms with Gasteiger partial charge in [-0.05, 0) is 96.5 Å². The molecule has 2 aliphatic rings. The molecule has 208 valence electrons. The molecule has 1 heterocycles. The van der Waals surface area contributed by atoms with E-state index in [0.717, 1.165) is 34.4 Å². The van der Waals surface area contributed by atoms with E-state index in [-0.39, 0.29) is 12.4 Å². The van der Waals surface area contributed by atoms with E-state index in [1.54, 1.807) is 12.1 Å². The number of hydrogen-bond acceptors (Lipinski definition) is 4. The van der Waals surface area contributed by atoms with Gasteiger partial charge in [-0.3, -0.25) is 4.90 Å². The zero-order chi connectivity index (χ0) is 27.5. The van der Waals surface area contributed by atoms with E-state index >= 15 is 0 Å². The molecule has 2 aromatic rings. The van der Waals surface area contributed by atoms with Crippen molar-refractivity contribution in [2.75, 3.05) is 32.8 Å². The molecule has 1 aliphatic heterocycles. The largest absolute Gasteiger partial charge is 0.508 e. The average Bonchev–Trinajstić information content (AvgIpc) is 3.31. The van der Waals surface area contributed by atoms with Crippen LogP contribution in [0.15, 0.2) is 91.2 Å². The summed E-state index contributed by atoms with van der Waals surface area (Å²) in [5.74, 6) is 0.851. The number of aliphatic hydroxyl groups excluding tert-OH is 1. The van der Waals surface area contributed by atoms with Crippen LogP contribution < -0.4 is 0 Å². The number of hydrogen-bond donors (Lipinski definition) is 2. The predicted octanol–water partition coefficient (Wildman–Crippen LogP) is 7.76. The molecular weight excluding hydrogens is 482 g/mol. The summed E-state index contributed by atoms with van der Waals surface area (Å²) in [6.07, 6.45) is 14.8. The topological polar surface area (TPSA) is 52.9 Å². The van der Waals surface area contributed by atoms with Gasteiger partial charge >= 0.3 is 0 Å². The first-order valence-corrected chi connectivity index (χ1v) is 14.6. The molecule has 1 saturated heterocycles. The second-order valence-electron chi connectivity index (χ2n) is 11.2. The highest BCUT2D eigenvalue weighted by molar-refractivity contribution is 5.99. The maximum Gasteiger partial charge on any atom is 0.115 e. The van der Waals surface area contributed by atoms with Crippen molar-refractivity contribution in [3.8, 4) is 5.75 Å². The number of aliphatic hydroxyl groups is 1. The Kier molecular flexibility index (Phi) is 10.6. The van der Waals surface area contributed by atoms with E-state index in [1.165, 1.54) is 58.0 Å². The summed E-state index contributed by atoms with van der Waals surface area (Å²) in [4.78, 5) is 2.60. The van der Waals surface area contributed by atoms with Crippen LogP contribution in [0.3, 0.4) is 0 Å². The van der Waals surface area contributed by atoms with E-state index in [9.17, 15) is 10.2 Å². The molecule has 2 N–H and O–H groups in total. The van der Waals surface area contributed by atoms with Crippen LogP contribution in [0.4, 0.5) is 0 Å². The molecule has 0 atom stereocenters. The van der Waals surface area contributed by atoms with Crippen LogP contribution in [0.1, 0.15) is 68.9 Å². The van der Waals surface area contributed by atoms with Gasteiger partial charge in [0.1, 0.15) is 18.1 Å². The highest BCUT2D eigenvalue weighted by Gasteiger charge is 2.36. The number of likely N-dealkylation sites (tertiary alicyclic amines) is 1. The minimum Gasteiger partial charge on any atom is -0.508 e. The predicted molar refractivity (Wildman–Crippen MR) is 162 cm³/mol. The number of phenols is 1. The third kappa shape index (κ3) is 8.20. The molecule has 0 aromatic heterocycles. The smallest absolute Gasteiger partial charge is 0.115 e. The van der Waals surface area contributed by atoms with Gasteiger partial charge in [0.2, 0.25) is 0 Å². The first-order chi connectivity index (χ1) is 19.0. The van der Waals surface area contributed by atoms with Crippen molar-refractivity contribution in [1.29, 1.82) is 0 Å². The van der Waals surface area contributed by atoms with Gasteiger partial charge in [0.25, 0.3) is 0 Å². The summed E-state index contributed by atoms with van der Waals surface area (Å²) >= 11 is 0. The van der Waals surface area contributed by atoms with Crippen molar-refractivity contribution in [3.63, 3.8) is 0 Å². The van der Waals surface area contributed by atoms with Crippen LogP contribution in [-0.2, 0) is 4.74 Å². The lowest BCUT2D eigenvalue weighted by Crippen LogP contribution is -2.36. The maximum absolute atomic E-state index is 9.89. The number of nitrogens with zero attached hydrogens (tertiary/aromatic N) is 1. The molecule has 0 radical (unpaired) electrons. The number of benzene rings is 2. The van der Waals surface area contributed by atoms with Gasteiger partial charge in [-0.25, -0.2) is 0 Å². The highest BCUT2D eigenvalue weighted by atomic mass is 16.5. The average molecular weight is 528 g/mol. The fourth-order valence-electron chi connectivity index (χ4n) is 6.31. The van der Waals surface area contributed by atoms with E-state index in [0.29, 0.717) is 30.6 Å². The van der Waals surface area contributed by atoms with Crippen LogP contribution in [-0.4, -0.2) is 48.0 Å². The minimum atomic E-state index is 0.115. The molecular formula is C35H45NO3. The monoisotopic (exact) mass is 527 g/mol. The van der Waals surface area contributed by atoms with Crippen LogP contribution in [0.2, 0.25) is 0 Å². The Balaban J connectivity index is 1.45. The lowest BCUT2D eigenvalue weighted by atomic mass is 9.81. The Morgan fingerprint density at radius 1 is 0.897 bits per heavy atom. The lowest BCUT2D eigenvalue weighted by Gasteiger charge is -2.32. The zero-order valence-electron chi connectivity index (χ0n) is 23.4. The summed E-state index contributed by atoms with van der Waals surface area (Å²) in [6, 6.07) is 17.4. The van der Waals surface area contributed by atoms with Gasteiger partial charge < -0.3 is 14.9 Å². The summed E-state index contributed by atoms with van der Waals surface area (Å²) in [7, 11) is 0. The number of allylic oxidation sites excluding steroid dienone is 5. The Bertz CT molecular complexity index is 1140. The number of aromatic hydroxyl groups is 1. The number of phenolic OH excluding ortho intramolecular Hbond substituents is 1. The molecule has 39 heavy (non-hydrogen) atoms. The van der Waals surface area contributed by atoms with Gasteiger partial charge in [-0.1, -0.05) is 81.0 Å². The molecule has 2 fully saturated rings. The van der Waals surface area contributed by atoms with Crippen molar-refractivity contribution in [1.82, 2.24) is 4.90 Å². The SMILES string of the molecule is C=C(/C=C\C(=C)/C(=C(/CCCO)c1ccccc1)c1ccc(O)cc1)OCCN1CCCCC2(CCCC2)C1. The van der Waals surface area contributed by atoms with Gasteiger partial charge in [-0.15, -0.1) is 0 Å². The van der Waals surface area contributed by atoms with E-state index in [4.69, 9.17) is 4.74 Å². The fraction of sp³-hybridized carbons (Fsp3) is 0.429.